The Balaban J connectivity index is 0.00000208. The Bertz CT molecular complexity index is 523. The molecular weight excluding hydrogens is 413 g/mol. The molecule has 1 heterocycles. The van der Waals surface area contributed by atoms with E-state index < -0.39 is 0 Å². The molecule has 0 radical (unpaired) electrons. The summed E-state index contributed by atoms with van der Waals surface area (Å²) in [6, 6.07) is 11.2. The first-order chi connectivity index (χ1) is 11.3. The lowest BCUT2D eigenvalue weighted by Crippen LogP contribution is -2.39. The van der Waals surface area contributed by atoms with Gasteiger partial charge in [-0.2, -0.15) is 0 Å². The zero-order valence-corrected chi connectivity index (χ0v) is 17.0. The van der Waals surface area contributed by atoms with Crippen molar-refractivity contribution >= 4 is 29.9 Å². The molecule has 2 N–H and O–H groups in total. The first-order valence-electron chi connectivity index (χ1n) is 8.99. The van der Waals surface area contributed by atoms with Gasteiger partial charge in [0.05, 0.1) is 6.10 Å². The van der Waals surface area contributed by atoms with Crippen molar-refractivity contribution in [1.82, 2.24) is 10.6 Å². The zero-order valence-electron chi connectivity index (χ0n) is 14.7. The first kappa shape index (κ1) is 19.5. The van der Waals surface area contributed by atoms with E-state index in [-0.39, 0.29) is 30.1 Å². The average molecular weight is 443 g/mol. The van der Waals surface area contributed by atoms with Gasteiger partial charge in [-0.1, -0.05) is 37.3 Å². The lowest BCUT2D eigenvalue weighted by atomic mass is 9.89. The van der Waals surface area contributed by atoms with Gasteiger partial charge in [-0.3, -0.25) is 4.99 Å². The van der Waals surface area contributed by atoms with Crippen LogP contribution >= 0.6 is 24.0 Å². The van der Waals surface area contributed by atoms with Crippen molar-refractivity contribution in [3.63, 3.8) is 0 Å². The van der Waals surface area contributed by atoms with Crippen molar-refractivity contribution in [1.29, 1.82) is 0 Å². The number of nitrogens with zero attached hydrogens (tertiary/aromatic N) is 1. The van der Waals surface area contributed by atoms with Gasteiger partial charge in [0.15, 0.2) is 5.96 Å². The molecule has 134 valence electrons. The molecule has 0 aromatic heterocycles. The molecule has 0 bridgehead atoms. The Labute approximate surface area is 162 Å². The fourth-order valence-electron chi connectivity index (χ4n) is 3.27. The lowest BCUT2D eigenvalue weighted by Gasteiger charge is -2.31. The molecule has 2 fully saturated rings. The van der Waals surface area contributed by atoms with Crippen LogP contribution in [0.4, 0.5) is 0 Å². The van der Waals surface area contributed by atoms with Crippen molar-refractivity contribution in [3.05, 3.63) is 35.9 Å². The highest BCUT2D eigenvalue weighted by atomic mass is 127. The molecule has 3 rings (SSSR count). The van der Waals surface area contributed by atoms with Crippen LogP contribution in [0.5, 0.6) is 0 Å². The van der Waals surface area contributed by atoms with Gasteiger partial charge in [0.1, 0.15) is 0 Å². The van der Waals surface area contributed by atoms with E-state index in [0.29, 0.717) is 12.0 Å². The molecule has 1 aromatic rings. The normalized spacial score (nSPS) is 29.5. The van der Waals surface area contributed by atoms with Crippen LogP contribution in [0.2, 0.25) is 0 Å². The predicted octanol–water partition coefficient (Wildman–Crippen LogP) is 3.74. The standard InChI is InChI=1S/C19H29N3O.HI/c1-3-20-19(22-17-12-14(17)2)21-13-16-10-7-11-23-18(16)15-8-5-4-6-9-15;/h4-6,8-9,14,16-18H,3,7,10-13H2,1-2H3,(H2,20,21,22);1H. The minimum atomic E-state index is 0. The second kappa shape index (κ2) is 9.61. The maximum absolute atomic E-state index is 6.07. The number of ether oxygens (including phenoxy) is 1. The van der Waals surface area contributed by atoms with E-state index in [1.54, 1.807) is 0 Å². The second-order valence-corrected chi connectivity index (χ2v) is 6.79. The summed E-state index contributed by atoms with van der Waals surface area (Å²) < 4.78 is 6.07. The van der Waals surface area contributed by atoms with Crippen LogP contribution in [0.3, 0.4) is 0 Å². The largest absolute Gasteiger partial charge is 0.373 e. The number of benzene rings is 1. The predicted molar refractivity (Wildman–Crippen MR) is 110 cm³/mol. The van der Waals surface area contributed by atoms with E-state index in [4.69, 9.17) is 9.73 Å². The molecule has 4 atom stereocenters. The monoisotopic (exact) mass is 443 g/mol. The Morgan fingerprint density at radius 1 is 1.29 bits per heavy atom. The van der Waals surface area contributed by atoms with E-state index in [9.17, 15) is 0 Å². The van der Waals surface area contributed by atoms with Crippen molar-refractivity contribution in [2.24, 2.45) is 16.8 Å². The Kier molecular flexibility index (Phi) is 7.81. The van der Waals surface area contributed by atoms with Gasteiger partial charge in [-0.15, -0.1) is 24.0 Å². The van der Waals surface area contributed by atoms with E-state index in [1.165, 1.54) is 18.4 Å². The van der Waals surface area contributed by atoms with Crippen LogP contribution in [0.1, 0.15) is 44.8 Å². The van der Waals surface area contributed by atoms with E-state index >= 15 is 0 Å². The summed E-state index contributed by atoms with van der Waals surface area (Å²) in [5.74, 6) is 2.19. The number of rotatable bonds is 5. The maximum atomic E-state index is 6.07. The smallest absolute Gasteiger partial charge is 0.191 e. The van der Waals surface area contributed by atoms with Crippen LogP contribution in [-0.2, 0) is 4.74 Å². The summed E-state index contributed by atoms with van der Waals surface area (Å²) >= 11 is 0. The van der Waals surface area contributed by atoms with E-state index in [1.807, 2.05) is 0 Å². The topological polar surface area (TPSA) is 45.7 Å². The molecule has 24 heavy (non-hydrogen) atoms. The van der Waals surface area contributed by atoms with Gasteiger partial charge in [0.2, 0.25) is 0 Å². The molecule has 4 unspecified atom stereocenters. The SMILES string of the molecule is CCNC(=NCC1CCCOC1c1ccccc1)NC1CC1C.I. The Morgan fingerprint density at radius 3 is 2.71 bits per heavy atom. The molecule has 1 aromatic carbocycles. The molecule has 1 aliphatic carbocycles. The number of guanidine groups is 1. The third-order valence-corrected chi connectivity index (χ3v) is 4.83. The van der Waals surface area contributed by atoms with Crippen LogP contribution in [0.25, 0.3) is 0 Å². The summed E-state index contributed by atoms with van der Waals surface area (Å²) in [6.45, 7) is 6.97. The summed E-state index contributed by atoms with van der Waals surface area (Å²) in [5, 5.41) is 6.90. The molecule has 0 amide bonds. The molecule has 4 nitrogen and oxygen atoms in total. The molecule has 2 aliphatic rings. The van der Waals surface area contributed by atoms with Crippen molar-refractivity contribution in [2.75, 3.05) is 19.7 Å². The van der Waals surface area contributed by atoms with Gasteiger partial charge < -0.3 is 15.4 Å². The minimum Gasteiger partial charge on any atom is -0.373 e. The van der Waals surface area contributed by atoms with Crippen LogP contribution < -0.4 is 10.6 Å². The third-order valence-electron chi connectivity index (χ3n) is 4.83. The van der Waals surface area contributed by atoms with Crippen molar-refractivity contribution < 1.29 is 4.74 Å². The number of hydrogen-bond donors (Lipinski definition) is 2. The third kappa shape index (κ3) is 5.34. The van der Waals surface area contributed by atoms with Crippen LogP contribution in [0.15, 0.2) is 35.3 Å². The Morgan fingerprint density at radius 2 is 2.04 bits per heavy atom. The highest BCUT2D eigenvalue weighted by Gasteiger charge is 2.33. The molecule has 1 aliphatic heterocycles. The average Bonchev–Trinajstić information content (AvgIpc) is 3.29. The maximum Gasteiger partial charge on any atom is 0.191 e. The van der Waals surface area contributed by atoms with Crippen molar-refractivity contribution in [3.8, 4) is 0 Å². The highest BCUT2D eigenvalue weighted by molar-refractivity contribution is 14.0. The Hall–Kier alpha value is -0.820. The number of halogens is 1. The van der Waals surface area contributed by atoms with Crippen molar-refractivity contribution in [2.45, 2.75) is 45.3 Å². The molecule has 0 spiro atoms. The highest BCUT2D eigenvalue weighted by Crippen LogP contribution is 2.34. The summed E-state index contributed by atoms with van der Waals surface area (Å²) in [5.41, 5.74) is 1.28. The summed E-state index contributed by atoms with van der Waals surface area (Å²) in [4.78, 5) is 4.84. The first-order valence-corrected chi connectivity index (χ1v) is 8.99. The molecule has 1 saturated carbocycles. The van der Waals surface area contributed by atoms with Gasteiger partial charge >= 0.3 is 0 Å². The molecule has 1 saturated heterocycles. The zero-order chi connectivity index (χ0) is 16.1. The van der Waals surface area contributed by atoms with Gasteiger partial charge in [0, 0.05) is 31.7 Å². The fraction of sp³-hybridized carbons (Fsp3) is 0.632. The number of nitrogens with one attached hydrogen (secondary N) is 2. The van der Waals surface area contributed by atoms with Gasteiger partial charge in [-0.25, -0.2) is 0 Å². The molecular formula is C19H30IN3O. The quantitative estimate of drug-likeness (QED) is 0.414. The lowest BCUT2D eigenvalue weighted by molar-refractivity contribution is -0.0250. The van der Waals surface area contributed by atoms with E-state index in [0.717, 1.165) is 38.0 Å². The second-order valence-electron chi connectivity index (χ2n) is 6.79. The van der Waals surface area contributed by atoms with Gasteiger partial charge in [0.25, 0.3) is 0 Å². The molecule has 5 heteroatoms. The van der Waals surface area contributed by atoms with Crippen LogP contribution in [0, 0.1) is 11.8 Å². The summed E-state index contributed by atoms with van der Waals surface area (Å²) in [7, 11) is 0. The summed E-state index contributed by atoms with van der Waals surface area (Å²) in [6.07, 6.45) is 3.75. The minimum absolute atomic E-state index is 0. The van der Waals surface area contributed by atoms with Crippen LogP contribution in [-0.4, -0.2) is 31.7 Å². The number of hydrogen-bond acceptors (Lipinski definition) is 2. The number of aliphatic imine (C=N–C) groups is 1. The fourth-order valence-corrected chi connectivity index (χ4v) is 3.27. The van der Waals surface area contributed by atoms with Gasteiger partial charge in [-0.05, 0) is 37.7 Å². The van der Waals surface area contributed by atoms with E-state index in [2.05, 4.69) is 54.8 Å².